The molecule has 1 aliphatic rings. The zero-order valence-electron chi connectivity index (χ0n) is 16.9. The van der Waals surface area contributed by atoms with Gasteiger partial charge < -0.3 is 15.7 Å². The monoisotopic (exact) mass is 405 g/mol. The van der Waals surface area contributed by atoms with Crippen molar-refractivity contribution in [2.75, 3.05) is 11.9 Å². The number of nitrogens with zero attached hydrogens (tertiary/aromatic N) is 1. The number of phenols is 1. The second-order valence-corrected chi connectivity index (χ2v) is 7.70. The van der Waals surface area contributed by atoms with Crippen molar-refractivity contribution in [3.8, 4) is 17.0 Å². The predicted octanol–water partition coefficient (Wildman–Crippen LogP) is 4.62. The lowest BCUT2D eigenvalue weighted by Gasteiger charge is -2.17. The molecular formula is C24H24FN3O2. The molecule has 2 unspecified atom stereocenters. The Hall–Kier alpha value is -3.41. The van der Waals surface area contributed by atoms with Crippen LogP contribution in [0.4, 0.5) is 10.1 Å². The van der Waals surface area contributed by atoms with Crippen LogP contribution in [-0.4, -0.2) is 28.6 Å². The van der Waals surface area contributed by atoms with Gasteiger partial charge in [-0.25, -0.2) is 9.37 Å². The fraction of sp³-hybridized carbons (Fsp3) is 0.250. The fourth-order valence-corrected chi connectivity index (χ4v) is 4.11. The van der Waals surface area contributed by atoms with Gasteiger partial charge in [-0.05, 0) is 61.7 Å². The molecule has 154 valence electrons. The van der Waals surface area contributed by atoms with Gasteiger partial charge in [0.05, 0.1) is 11.4 Å². The number of pyridine rings is 1. The van der Waals surface area contributed by atoms with Crippen molar-refractivity contribution in [1.82, 2.24) is 10.3 Å². The molecule has 6 heteroatoms. The minimum absolute atomic E-state index is 0.0970. The molecule has 30 heavy (non-hydrogen) atoms. The van der Waals surface area contributed by atoms with E-state index >= 15 is 0 Å². The molecule has 0 radical (unpaired) electrons. The van der Waals surface area contributed by atoms with Gasteiger partial charge in [0.2, 0.25) is 0 Å². The molecule has 0 fully saturated rings. The van der Waals surface area contributed by atoms with Gasteiger partial charge in [0.15, 0.2) is 0 Å². The van der Waals surface area contributed by atoms with Gasteiger partial charge in [-0.2, -0.15) is 0 Å². The number of phenolic OH excluding ortho intramolecular Hbond substituents is 1. The molecule has 0 spiro atoms. The summed E-state index contributed by atoms with van der Waals surface area (Å²) in [5.41, 5.74) is 4.31. The SMILES string of the molecule is Cc1ccc(F)c2c1C(CCNC(=O)c1cccc(-c3cccc(O)c3)n1)C(C)N2. The van der Waals surface area contributed by atoms with Gasteiger partial charge in [-0.3, -0.25) is 4.79 Å². The number of aromatic hydroxyl groups is 1. The highest BCUT2D eigenvalue weighted by Crippen LogP contribution is 2.41. The van der Waals surface area contributed by atoms with E-state index in [2.05, 4.69) is 15.6 Å². The third-order valence-electron chi connectivity index (χ3n) is 5.62. The van der Waals surface area contributed by atoms with Crippen LogP contribution in [0.1, 0.15) is 40.9 Å². The lowest BCUT2D eigenvalue weighted by Crippen LogP contribution is -2.28. The maximum atomic E-state index is 14.1. The van der Waals surface area contributed by atoms with Crippen molar-refractivity contribution < 1.29 is 14.3 Å². The Morgan fingerprint density at radius 2 is 2.00 bits per heavy atom. The van der Waals surface area contributed by atoms with Crippen molar-refractivity contribution in [3.05, 3.63) is 77.2 Å². The molecule has 0 saturated carbocycles. The lowest BCUT2D eigenvalue weighted by molar-refractivity contribution is 0.0947. The molecule has 2 aromatic carbocycles. The number of aromatic nitrogens is 1. The molecule has 1 aromatic heterocycles. The van der Waals surface area contributed by atoms with Crippen LogP contribution < -0.4 is 10.6 Å². The molecule has 1 aliphatic heterocycles. The van der Waals surface area contributed by atoms with E-state index in [1.165, 1.54) is 6.07 Å². The van der Waals surface area contributed by atoms with Crippen LogP contribution in [0.3, 0.4) is 0 Å². The summed E-state index contributed by atoms with van der Waals surface area (Å²) in [5.74, 6) is -0.216. The van der Waals surface area contributed by atoms with Gasteiger partial charge in [0, 0.05) is 24.1 Å². The highest BCUT2D eigenvalue weighted by Gasteiger charge is 2.32. The second-order valence-electron chi connectivity index (χ2n) is 7.70. The lowest BCUT2D eigenvalue weighted by atomic mass is 9.89. The van der Waals surface area contributed by atoms with Crippen molar-refractivity contribution in [1.29, 1.82) is 0 Å². The molecule has 0 bridgehead atoms. The number of anilines is 1. The van der Waals surface area contributed by atoms with Crippen LogP contribution in [0.15, 0.2) is 54.6 Å². The first-order valence-corrected chi connectivity index (χ1v) is 10.0. The largest absolute Gasteiger partial charge is 0.508 e. The van der Waals surface area contributed by atoms with E-state index in [-0.39, 0.29) is 29.4 Å². The minimum atomic E-state index is -0.258. The highest BCUT2D eigenvalue weighted by molar-refractivity contribution is 5.92. The van der Waals surface area contributed by atoms with Crippen LogP contribution in [0.5, 0.6) is 5.75 Å². The summed E-state index contributed by atoms with van der Waals surface area (Å²) in [7, 11) is 0. The number of rotatable bonds is 5. The van der Waals surface area contributed by atoms with Crippen LogP contribution in [0.25, 0.3) is 11.3 Å². The molecular weight excluding hydrogens is 381 g/mol. The topological polar surface area (TPSA) is 74.2 Å². The average Bonchev–Trinajstić information content (AvgIpc) is 3.08. The number of carbonyl (C=O) groups excluding carboxylic acids is 1. The number of fused-ring (bicyclic) bond motifs is 1. The zero-order chi connectivity index (χ0) is 21.3. The van der Waals surface area contributed by atoms with E-state index in [4.69, 9.17) is 0 Å². The Morgan fingerprint density at radius 3 is 2.80 bits per heavy atom. The Kier molecular flexibility index (Phi) is 5.40. The Balaban J connectivity index is 1.43. The summed E-state index contributed by atoms with van der Waals surface area (Å²) in [5, 5.41) is 15.8. The maximum absolute atomic E-state index is 14.1. The summed E-state index contributed by atoms with van der Waals surface area (Å²) >= 11 is 0. The van der Waals surface area contributed by atoms with E-state index in [1.54, 1.807) is 42.5 Å². The average molecular weight is 405 g/mol. The molecule has 3 N–H and O–H groups in total. The Labute approximate surface area is 175 Å². The second kappa shape index (κ2) is 8.14. The van der Waals surface area contributed by atoms with Gasteiger partial charge in [0.25, 0.3) is 5.91 Å². The van der Waals surface area contributed by atoms with E-state index in [0.717, 1.165) is 16.7 Å². The maximum Gasteiger partial charge on any atom is 0.269 e. The number of nitrogens with one attached hydrogen (secondary N) is 2. The molecule has 3 aromatic rings. The number of halogens is 1. The third-order valence-corrected chi connectivity index (χ3v) is 5.62. The molecule has 4 rings (SSSR count). The van der Waals surface area contributed by atoms with Crippen molar-refractivity contribution >= 4 is 11.6 Å². The normalized spacial score (nSPS) is 17.3. The summed E-state index contributed by atoms with van der Waals surface area (Å²) in [6, 6.07) is 15.4. The van der Waals surface area contributed by atoms with Gasteiger partial charge in [0.1, 0.15) is 17.3 Å². The van der Waals surface area contributed by atoms with Gasteiger partial charge in [-0.15, -0.1) is 0 Å². The quantitative estimate of drug-likeness (QED) is 0.579. The number of aryl methyl sites for hydroxylation is 1. The van der Waals surface area contributed by atoms with Crippen molar-refractivity contribution in [2.45, 2.75) is 32.2 Å². The van der Waals surface area contributed by atoms with E-state index in [0.29, 0.717) is 30.0 Å². The molecule has 5 nitrogen and oxygen atoms in total. The first-order valence-electron chi connectivity index (χ1n) is 10.0. The van der Waals surface area contributed by atoms with Crippen LogP contribution >= 0.6 is 0 Å². The van der Waals surface area contributed by atoms with Gasteiger partial charge >= 0.3 is 0 Å². The Morgan fingerprint density at radius 1 is 1.20 bits per heavy atom. The Bertz CT molecular complexity index is 1100. The minimum Gasteiger partial charge on any atom is -0.508 e. The predicted molar refractivity (Wildman–Crippen MR) is 115 cm³/mol. The smallest absolute Gasteiger partial charge is 0.269 e. The van der Waals surface area contributed by atoms with Crippen LogP contribution in [0, 0.1) is 12.7 Å². The summed E-state index contributed by atoms with van der Waals surface area (Å²) in [6.07, 6.45) is 0.698. The molecule has 2 atom stereocenters. The van der Waals surface area contributed by atoms with E-state index in [9.17, 15) is 14.3 Å². The number of carbonyl (C=O) groups is 1. The standard InChI is InChI=1S/C24H24FN3O2/c1-14-9-10-19(25)23-22(14)18(15(2)27-23)11-12-26-24(30)21-8-4-7-20(28-21)16-5-3-6-17(29)13-16/h3-10,13,15,18,27,29H,11-12H2,1-2H3,(H,26,30). The molecule has 1 amide bonds. The van der Waals surface area contributed by atoms with Gasteiger partial charge in [-0.1, -0.05) is 24.3 Å². The fourth-order valence-electron chi connectivity index (χ4n) is 4.11. The molecule has 2 heterocycles. The number of hydrogen-bond acceptors (Lipinski definition) is 4. The molecule has 0 saturated heterocycles. The van der Waals surface area contributed by atoms with E-state index in [1.807, 2.05) is 19.9 Å². The number of hydrogen-bond donors (Lipinski definition) is 3. The zero-order valence-corrected chi connectivity index (χ0v) is 16.9. The third kappa shape index (κ3) is 3.85. The summed E-state index contributed by atoms with van der Waals surface area (Å²) in [6.45, 7) is 4.48. The highest BCUT2D eigenvalue weighted by atomic mass is 19.1. The summed E-state index contributed by atoms with van der Waals surface area (Å²) < 4.78 is 14.1. The van der Waals surface area contributed by atoms with Crippen LogP contribution in [-0.2, 0) is 0 Å². The number of benzene rings is 2. The first kappa shape index (κ1) is 19.9. The summed E-state index contributed by atoms with van der Waals surface area (Å²) in [4.78, 5) is 17.0. The number of amides is 1. The van der Waals surface area contributed by atoms with Crippen molar-refractivity contribution in [2.24, 2.45) is 0 Å². The first-order chi connectivity index (χ1) is 14.4. The van der Waals surface area contributed by atoms with E-state index < -0.39 is 0 Å². The van der Waals surface area contributed by atoms with Crippen molar-refractivity contribution in [3.63, 3.8) is 0 Å². The molecule has 0 aliphatic carbocycles. The van der Waals surface area contributed by atoms with Crippen LogP contribution in [0.2, 0.25) is 0 Å².